The van der Waals surface area contributed by atoms with Gasteiger partial charge in [0, 0.05) is 17.3 Å². The van der Waals surface area contributed by atoms with Crippen molar-refractivity contribution < 1.29 is 22.0 Å². The molecule has 1 unspecified atom stereocenters. The average Bonchev–Trinajstić information content (AvgIpc) is 3.55. The van der Waals surface area contributed by atoms with Gasteiger partial charge in [0.25, 0.3) is 15.9 Å². The summed E-state index contributed by atoms with van der Waals surface area (Å²) in [6.07, 6.45) is 3.81. The Morgan fingerprint density at radius 1 is 0.909 bits per heavy atom. The highest BCUT2D eigenvalue weighted by Crippen LogP contribution is 2.42. The molecule has 0 aliphatic heterocycles. The zero-order chi connectivity index (χ0) is 23.2. The summed E-state index contributed by atoms with van der Waals surface area (Å²) in [6, 6.07) is 17.0. The Morgan fingerprint density at radius 2 is 1.64 bits per heavy atom. The molecule has 33 heavy (non-hydrogen) atoms. The first-order valence-corrected chi connectivity index (χ1v) is 12.3. The fraction of sp³-hybridized carbons (Fsp3) is 0.240. The van der Waals surface area contributed by atoms with Gasteiger partial charge in [0.2, 0.25) is 0 Å². The van der Waals surface area contributed by atoms with Crippen molar-refractivity contribution in [2.45, 2.75) is 42.7 Å². The highest BCUT2D eigenvalue weighted by molar-refractivity contribution is 7.92. The summed E-state index contributed by atoms with van der Waals surface area (Å²) in [5, 5.41) is 0. The van der Waals surface area contributed by atoms with Crippen molar-refractivity contribution in [2.24, 2.45) is 0 Å². The molecule has 0 radical (unpaired) electrons. The van der Waals surface area contributed by atoms with Gasteiger partial charge in [-0.3, -0.25) is 9.52 Å². The number of fused-ring (bicyclic) bond motifs is 1. The Kier molecular flexibility index (Phi) is 5.40. The number of amides is 1. The number of sulfonamides is 1. The number of carbonyl (C=O) groups is 1. The third-order valence-electron chi connectivity index (χ3n) is 6.20. The van der Waals surface area contributed by atoms with E-state index in [1.54, 1.807) is 12.1 Å². The van der Waals surface area contributed by atoms with Gasteiger partial charge in [-0.2, -0.15) is 0 Å². The molecule has 3 aromatic rings. The van der Waals surface area contributed by atoms with Crippen LogP contribution in [0.25, 0.3) is 0 Å². The van der Waals surface area contributed by atoms with Gasteiger partial charge in [-0.15, -0.1) is 0 Å². The summed E-state index contributed by atoms with van der Waals surface area (Å²) in [5.74, 6) is -2.44. The lowest BCUT2D eigenvalue weighted by atomic mass is 10.0. The molecule has 3 aromatic carbocycles. The predicted molar refractivity (Wildman–Crippen MR) is 120 cm³/mol. The van der Waals surface area contributed by atoms with Gasteiger partial charge in [0.1, 0.15) is 0 Å². The number of aryl methyl sites for hydroxylation is 1. The maximum absolute atomic E-state index is 13.4. The zero-order valence-electron chi connectivity index (χ0n) is 17.7. The Labute approximate surface area is 191 Å². The largest absolute Gasteiger partial charge is 0.329 e. The molecule has 1 N–H and O–H groups in total. The summed E-state index contributed by atoms with van der Waals surface area (Å²) >= 11 is 0. The second kappa shape index (κ2) is 8.26. The monoisotopic (exact) mass is 468 g/mol. The van der Waals surface area contributed by atoms with E-state index in [9.17, 15) is 22.0 Å². The number of hydrogen-bond donors (Lipinski definition) is 1. The van der Waals surface area contributed by atoms with E-state index >= 15 is 0 Å². The van der Waals surface area contributed by atoms with E-state index in [0.717, 1.165) is 37.8 Å². The van der Waals surface area contributed by atoms with E-state index < -0.39 is 21.7 Å². The number of nitrogens with zero attached hydrogens (tertiary/aromatic N) is 1. The third-order valence-corrected chi connectivity index (χ3v) is 7.58. The molecular weight excluding hydrogens is 446 g/mol. The Hall–Kier alpha value is -3.26. The number of nitrogens with one attached hydrogen (secondary N) is 1. The quantitative estimate of drug-likeness (QED) is 0.550. The van der Waals surface area contributed by atoms with Gasteiger partial charge >= 0.3 is 0 Å². The van der Waals surface area contributed by atoms with E-state index in [-0.39, 0.29) is 28.6 Å². The molecule has 0 spiro atoms. The van der Waals surface area contributed by atoms with Crippen LogP contribution in [-0.4, -0.2) is 25.3 Å². The van der Waals surface area contributed by atoms with Crippen molar-refractivity contribution in [2.75, 3.05) is 4.72 Å². The fourth-order valence-electron chi connectivity index (χ4n) is 4.43. The lowest BCUT2D eigenvalue weighted by molar-refractivity contribution is 0.0658. The van der Waals surface area contributed by atoms with Crippen LogP contribution in [0.15, 0.2) is 71.6 Å². The molecule has 1 amide bonds. The van der Waals surface area contributed by atoms with Crippen LogP contribution in [0.4, 0.5) is 14.5 Å². The molecule has 1 saturated carbocycles. The highest BCUT2D eigenvalue weighted by Gasteiger charge is 2.40. The van der Waals surface area contributed by atoms with Crippen LogP contribution < -0.4 is 4.72 Å². The molecule has 0 heterocycles. The predicted octanol–water partition coefficient (Wildman–Crippen LogP) is 5.06. The highest BCUT2D eigenvalue weighted by atomic mass is 32.2. The number of rotatable bonds is 6. The summed E-state index contributed by atoms with van der Waals surface area (Å²) in [7, 11) is -4.10. The maximum Gasteiger partial charge on any atom is 0.261 e. The minimum absolute atomic E-state index is 0.0488. The molecule has 5 rings (SSSR count). The standard InChI is InChI=1S/C25H22F2N2O3S/c26-22-13-12-20(15-23(22)27)33(31,32)28-18-8-5-17(6-9-18)25(30)29(19-10-11-19)24-14-7-16-3-1-2-4-21(16)24/h1-6,8-9,12-13,15,19,24,28H,7,10-11,14H2. The van der Waals surface area contributed by atoms with Crippen molar-refractivity contribution in [3.8, 4) is 0 Å². The van der Waals surface area contributed by atoms with Crippen molar-refractivity contribution in [1.29, 1.82) is 0 Å². The molecule has 0 bridgehead atoms. The SMILES string of the molecule is O=C(c1ccc(NS(=O)(=O)c2ccc(F)c(F)c2)cc1)N(C1CC1)C1CCc2ccccc21. The van der Waals surface area contributed by atoms with E-state index in [2.05, 4.69) is 16.9 Å². The minimum Gasteiger partial charge on any atom is -0.329 e. The lowest BCUT2D eigenvalue weighted by Crippen LogP contribution is -2.36. The summed E-state index contributed by atoms with van der Waals surface area (Å²) in [4.78, 5) is 15.0. The van der Waals surface area contributed by atoms with E-state index in [1.165, 1.54) is 23.3 Å². The fourth-order valence-corrected chi connectivity index (χ4v) is 5.50. The van der Waals surface area contributed by atoms with Crippen LogP contribution in [0.5, 0.6) is 0 Å². The van der Waals surface area contributed by atoms with Crippen LogP contribution in [0.1, 0.15) is 46.8 Å². The van der Waals surface area contributed by atoms with Crippen LogP contribution in [0.3, 0.4) is 0 Å². The van der Waals surface area contributed by atoms with Crippen molar-refractivity contribution >= 4 is 21.6 Å². The minimum atomic E-state index is -4.10. The topological polar surface area (TPSA) is 66.5 Å². The third kappa shape index (κ3) is 4.23. The van der Waals surface area contributed by atoms with E-state index in [1.807, 2.05) is 17.0 Å². The number of hydrogen-bond acceptors (Lipinski definition) is 3. The second-order valence-electron chi connectivity index (χ2n) is 8.46. The normalized spacial score (nSPS) is 17.5. The summed E-state index contributed by atoms with van der Waals surface area (Å²) in [6.45, 7) is 0. The molecule has 8 heteroatoms. The van der Waals surface area contributed by atoms with Crippen LogP contribution in [-0.2, 0) is 16.4 Å². The number of anilines is 1. The summed E-state index contributed by atoms with van der Waals surface area (Å²) < 4.78 is 53.9. The molecule has 2 aliphatic carbocycles. The van der Waals surface area contributed by atoms with Gasteiger partial charge in [-0.1, -0.05) is 24.3 Å². The van der Waals surface area contributed by atoms with Crippen molar-refractivity contribution in [3.05, 3.63) is 95.1 Å². The maximum atomic E-state index is 13.4. The van der Waals surface area contributed by atoms with Crippen LogP contribution >= 0.6 is 0 Å². The number of halogens is 2. The van der Waals surface area contributed by atoms with Crippen LogP contribution in [0.2, 0.25) is 0 Å². The Morgan fingerprint density at radius 3 is 2.33 bits per heavy atom. The van der Waals surface area contributed by atoms with Gasteiger partial charge in [0.15, 0.2) is 11.6 Å². The first-order chi connectivity index (χ1) is 15.8. The molecule has 170 valence electrons. The molecule has 2 aliphatic rings. The Bertz CT molecular complexity index is 1320. The van der Waals surface area contributed by atoms with Crippen molar-refractivity contribution in [3.63, 3.8) is 0 Å². The first-order valence-electron chi connectivity index (χ1n) is 10.8. The van der Waals surface area contributed by atoms with Crippen molar-refractivity contribution in [1.82, 2.24) is 4.90 Å². The molecule has 1 fully saturated rings. The molecular formula is C25H22F2N2O3S. The molecule has 5 nitrogen and oxygen atoms in total. The second-order valence-corrected chi connectivity index (χ2v) is 10.1. The molecule has 0 saturated heterocycles. The van der Waals surface area contributed by atoms with Gasteiger partial charge in [-0.25, -0.2) is 17.2 Å². The smallest absolute Gasteiger partial charge is 0.261 e. The van der Waals surface area contributed by atoms with E-state index in [0.29, 0.717) is 11.6 Å². The molecule has 0 aromatic heterocycles. The van der Waals surface area contributed by atoms with Gasteiger partial charge < -0.3 is 4.90 Å². The number of carbonyl (C=O) groups excluding carboxylic acids is 1. The summed E-state index contributed by atoms with van der Waals surface area (Å²) in [5.41, 5.74) is 3.18. The van der Waals surface area contributed by atoms with E-state index in [4.69, 9.17) is 0 Å². The van der Waals surface area contributed by atoms with Gasteiger partial charge in [-0.05, 0) is 79.3 Å². The Balaban J connectivity index is 1.35. The number of benzene rings is 3. The van der Waals surface area contributed by atoms with Gasteiger partial charge in [0.05, 0.1) is 10.9 Å². The first kappa shape index (κ1) is 21.6. The molecule has 1 atom stereocenters. The van der Waals surface area contributed by atoms with Crippen LogP contribution in [0, 0.1) is 11.6 Å². The zero-order valence-corrected chi connectivity index (χ0v) is 18.5. The average molecular weight is 469 g/mol. The lowest BCUT2D eigenvalue weighted by Gasteiger charge is -2.30.